The van der Waals surface area contributed by atoms with E-state index in [0.29, 0.717) is 6.54 Å². The van der Waals surface area contributed by atoms with Gasteiger partial charge in [0.1, 0.15) is 6.54 Å². The standard InChI is InChI=1S/C12H17BrN4O/c1-4-14-6-10-5-11(18-16-10)7-17-9(3)12(13)8(2)15-17/h5,14H,4,6-7H2,1-3H3. The highest BCUT2D eigenvalue weighted by Gasteiger charge is 2.11. The summed E-state index contributed by atoms with van der Waals surface area (Å²) in [5.41, 5.74) is 3.00. The van der Waals surface area contributed by atoms with E-state index in [0.717, 1.165) is 40.4 Å². The number of hydrogen-bond donors (Lipinski definition) is 1. The van der Waals surface area contributed by atoms with Crippen LogP contribution in [0.4, 0.5) is 0 Å². The molecule has 0 saturated carbocycles. The van der Waals surface area contributed by atoms with Gasteiger partial charge in [-0.25, -0.2) is 0 Å². The Morgan fingerprint density at radius 2 is 2.22 bits per heavy atom. The van der Waals surface area contributed by atoms with Gasteiger partial charge in [-0.2, -0.15) is 5.10 Å². The summed E-state index contributed by atoms with van der Waals surface area (Å²) < 4.78 is 8.27. The lowest BCUT2D eigenvalue weighted by molar-refractivity contribution is 0.363. The quantitative estimate of drug-likeness (QED) is 0.921. The Hall–Kier alpha value is -1.14. The molecule has 0 fully saturated rings. The maximum Gasteiger partial charge on any atom is 0.158 e. The number of nitrogens with one attached hydrogen (secondary N) is 1. The third-order valence-corrected chi connectivity index (χ3v) is 3.91. The van der Waals surface area contributed by atoms with Gasteiger partial charge in [0, 0.05) is 12.6 Å². The summed E-state index contributed by atoms with van der Waals surface area (Å²) in [6.07, 6.45) is 0. The van der Waals surface area contributed by atoms with Crippen molar-refractivity contribution in [3.63, 3.8) is 0 Å². The predicted molar refractivity (Wildman–Crippen MR) is 72.4 cm³/mol. The Morgan fingerprint density at radius 3 is 2.83 bits per heavy atom. The zero-order valence-electron chi connectivity index (χ0n) is 10.8. The van der Waals surface area contributed by atoms with E-state index >= 15 is 0 Å². The molecule has 2 heterocycles. The van der Waals surface area contributed by atoms with Crippen molar-refractivity contribution in [3.05, 3.63) is 33.4 Å². The molecule has 0 atom stereocenters. The number of nitrogens with zero attached hydrogens (tertiary/aromatic N) is 3. The van der Waals surface area contributed by atoms with Gasteiger partial charge in [0.2, 0.25) is 0 Å². The first kappa shape index (κ1) is 13.3. The van der Waals surface area contributed by atoms with Crippen molar-refractivity contribution in [3.8, 4) is 0 Å². The SMILES string of the molecule is CCNCc1cc(Cn2nc(C)c(Br)c2C)on1. The van der Waals surface area contributed by atoms with Gasteiger partial charge in [-0.1, -0.05) is 12.1 Å². The van der Waals surface area contributed by atoms with Gasteiger partial charge < -0.3 is 9.84 Å². The van der Waals surface area contributed by atoms with Crippen LogP contribution in [0.15, 0.2) is 15.1 Å². The third-order valence-electron chi connectivity index (χ3n) is 2.76. The molecule has 6 heteroatoms. The predicted octanol–water partition coefficient (Wildman–Crippen LogP) is 2.41. The van der Waals surface area contributed by atoms with Gasteiger partial charge >= 0.3 is 0 Å². The summed E-state index contributed by atoms with van der Waals surface area (Å²) in [6.45, 7) is 8.34. The molecule has 0 amide bonds. The third kappa shape index (κ3) is 2.81. The average molecular weight is 313 g/mol. The molecule has 0 aliphatic carbocycles. The summed E-state index contributed by atoms with van der Waals surface area (Å²) in [5, 5.41) is 11.7. The molecule has 98 valence electrons. The monoisotopic (exact) mass is 312 g/mol. The van der Waals surface area contributed by atoms with Crippen molar-refractivity contribution < 1.29 is 4.52 Å². The van der Waals surface area contributed by atoms with Gasteiger partial charge in [0.15, 0.2) is 5.76 Å². The Kier molecular flexibility index (Phi) is 4.19. The number of aromatic nitrogens is 3. The average Bonchev–Trinajstić information content (AvgIpc) is 2.89. The van der Waals surface area contributed by atoms with Crippen LogP contribution in [0.25, 0.3) is 0 Å². The topological polar surface area (TPSA) is 55.9 Å². The Bertz CT molecular complexity index is 532. The molecule has 0 aliphatic heterocycles. The second kappa shape index (κ2) is 5.67. The molecule has 2 aromatic rings. The lowest BCUT2D eigenvalue weighted by Crippen LogP contribution is -2.11. The van der Waals surface area contributed by atoms with E-state index in [4.69, 9.17) is 4.52 Å². The van der Waals surface area contributed by atoms with Crippen molar-refractivity contribution >= 4 is 15.9 Å². The summed E-state index contributed by atoms with van der Waals surface area (Å²) in [7, 11) is 0. The molecular formula is C12H17BrN4O. The van der Waals surface area contributed by atoms with Gasteiger partial charge in [-0.05, 0) is 36.3 Å². The van der Waals surface area contributed by atoms with Crippen molar-refractivity contribution in [2.45, 2.75) is 33.9 Å². The molecule has 0 saturated heterocycles. The molecule has 2 rings (SSSR count). The van der Waals surface area contributed by atoms with E-state index in [2.05, 4.69) is 38.4 Å². The van der Waals surface area contributed by atoms with E-state index in [-0.39, 0.29) is 0 Å². The zero-order chi connectivity index (χ0) is 13.1. The van der Waals surface area contributed by atoms with Crippen molar-refractivity contribution in [2.75, 3.05) is 6.54 Å². The van der Waals surface area contributed by atoms with Crippen LogP contribution in [0.5, 0.6) is 0 Å². The molecule has 0 spiro atoms. The Morgan fingerprint density at radius 1 is 1.44 bits per heavy atom. The lowest BCUT2D eigenvalue weighted by atomic mass is 10.3. The van der Waals surface area contributed by atoms with E-state index in [9.17, 15) is 0 Å². The Balaban J connectivity index is 2.09. The number of halogens is 1. The first-order valence-corrected chi connectivity index (χ1v) is 6.75. The second-order valence-electron chi connectivity index (χ2n) is 4.21. The second-order valence-corrected chi connectivity index (χ2v) is 5.00. The highest BCUT2D eigenvalue weighted by molar-refractivity contribution is 9.10. The number of aryl methyl sites for hydroxylation is 1. The Labute approximate surface area is 115 Å². The van der Waals surface area contributed by atoms with E-state index in [1.165, 1.54) is 0 Å². The smallest absolute Gasteiger partial charge is 0.158 e. The molecule has 1 N–H and O–H groups in total. The van der Waals surface area contributed by atoms with Crippen LogP contribution in [-0.2, 0) is 13.1 Å². The van der Waals surface area contributed by atoms with E-state index in [1.807, 2.05) is 24.6 Å². The van der Waals surface area contributed by atoms with E-state index in [1.54, 1.807) is 0 Å². The summed E-state index contributed by atoms with van der Waals surface area (Å²) >= 11 is 3.51. The van der Waals surface area contributed by atoms with Crippen molar-refractivity contribution in [1.82, 2.24) is 20.3 Å². The van der Waals surface area contributed by atoms with Gasteiger partial charge in [0.25, 0.3) is 0 Å². The highest BCUT2D eigenvalue weighted by atomic mass is 79.9. The molecule has 0 aliphatic rings. The fourth-order valence-electron chi connectivity index (χ4n) is 1.74. The zero-order valence-corrected chi connectivity index (χ0v) is 12.4. The highest BCUT2D eigenvalue weighted by Crippen LogP contribution is 2.20. The molecule has 5 nitrogen and oxygen atoms in total. The van der Waals surface area contributed by atoms with Gasteiger partial charge in [0.05, 0.1) is 21.6 Å². The minimum atomic E-state index is 0.609. The van der Waals surface area contributed by atoms with E-state index < -0.39 is 0 Å². The number of hydrogen-bond acceptors (Lipinski definition) is 4. The first-order chi connectivity index (χ1) is 8.61. The fraction of sp³-hybridized carbons (Fsp3) is 0.500. The maximum atomic E-state index is 5.30. The molecule has 0 unspecified atom stereocenters. The summed E-state index contributed by atoms with van der Waals surface area (Å²) in [4.78, 5) is 0. The van der Waals surface area contributed by atoms with Gasteiger partial charge in [-0.15, -0.1) is 0 Å². The van der Waals surface area contributed by atoms with Gasteiger partial charge in [-0.3, -0.25) is 4.68 Å². The molecule has 0 bridgehead atoms. The summed E-state index contributed by atoms with van der Waals surface area (Å²) in [5.74, 6) is 0.820. The largest absolute Gasteiger partial charge is 0.359 e. The van der Waals surface area contributed by atoms with Crippen molar-refractivity contribution in [2.24, 2.45) is 0 Å². The number of rotatable bonds is 5. The first-order valence-electron chi connectivity index (χ1n) is 5.96. The van der Waals surface area contributed by atoms with Crippen LogP contribution < -0.4 is 5.32 Å². The minimum absolute atomic E-state index is 0.609. The van der Waals surface area contributed by atoms with Crippen LogP contribution in [0, 0.1) is 13.8 Å². The normalized spacial score (nSPS) is 11.1. The van der Waals surface area contributed by atoms with Crippen LogP contribution in [-0.4, -0.2) is 21.5 Å². The summed E-state index contributed by atoms with van der Waals surface area (Å²) in [6, 6.07) is 1.97. The van der Waals surface area contributed by atoms with Crippen molar-refractivity contribution in [1.29, 1.82) is 0 Å². The molecule has 0 radical (unpaired) electrons. The fourth-order valence-corrected chi connectivity index (χ4v) is 2.03. The molecule has 18 heavy (non-hydrogen) atoms. The van der Waals surface area contributed by atoms with Crippen LogP contribution in [0.1, 0.15) is 29.8 Å². The molecular weight excluding hydrogens is 296 g/mol. The minimum Gasteiger partial charge on any atom is -0.359 e. The van der Waals surface area contributed by atoms with Crippen LogP contribution in [0.3, 0.4) is 0 Å². The lowest BCUT2D eigenvalue weighted by Gasteiger charge is -1.99. The maximum absolute atomic E-state index is 5.30. The van der Waals surface area contributed by atoms with Crippen LogP contribution >= 0.6 is 15.9 Å². The molecule has 2 aromatic heterocycles. The molecule has 0 aromatic carbocycles. The van der Waals surface area contributed by atoms with Crippen LogP contribution in [0.2, 0.25) is 0 Å².